The molecule has 0 saturated carbocycles. The molecular formula is C29H32N4Pt. The first-order chi connectivity index (χ1) is 15.9. The summed E-state index contributed by atoms with van der Waals surface area (Å²) in [5.74, 6) is 0. The van der Waals surface area contributed by atoms with E-state index in [1.54, 1.807) is 6.20 Å². The van der Waals surface area contributed by atoms with Gasteiger partial charge >= 0.3 is 21.1 Å². The maximum atomic E-state index is 5.08. The van der Waals surface area contributed by atoms with Gasteiger partial charge in [-0.15, -0.1) is 22.1 Å². The molecule has 0 bridgehead atoms. The molecular weight excluding hydrogens is 599 g/mol. The number of pyridine rings is 1. The number of hydrogen-bond acceptors (Lipinski definition) is 2. The van der Waals surface area contributed by atoms with E-state index in [1.165, 1.54) is 27.8 Å². The summed E-state index contributed by atoms with van der Waals surface area (Å²) in [6.07, 6.45) is 11.0. The summed E-state index contributed by atoms with van der Waals surface area (Å²) in [5, 5.41) is 1.93. The Morgan fingerprint density at radius 1 is 0.824 bits per heavy atom. The summed E-state index contributed by atoms with van der Waals surface area (Å²) >= 11 is 0. The number of aliphatic imine (C=N–C) groups is 1. The van der Waals surface area contributed by atoms with E-state index in [9.17, 15) is 0 Å². The van der Waals surface area contributed by atoms with Gasteiger partial charge in [-0.3, -0.25) is 9.98 Å². The van der Waals surface area contributed by atoms with Crippen molar-refractivity contribution >= 4 is 23.9 Å². The smallest absolute Gasteiger partial charge is 0.658 e. The average Bonchev–Trinajstić information content (AvgIpc) is 3.44. The molecule has 0 amide bonds. The zero-order valence-electron chi connectivity index (χ0n) is 20.8. The Kier molecular flexibility index (Phi) is 8.49. The van der Waals surface area contributed by atoms with Crippen LogP contribution in [-0.4, -0.2) is 10.7 Å². The number of nitrogens with zero attached hydrogens (tertiary/aromatic N) is 4. The van der Waals surface area contributed by atoms with E-state index in [0.29, 0.717) is 0 Å². The monoisotopic (exact) mass is 631 g/mol. The normalized spacial score (nSPS) is 15.9. The number of allylic oxidation sites excluding steroid dienone is 2. The summed E-state index contributed by atoms with van der Waals surface area (Å²) in [7, 11) is 0. The summed E-state index contributed by atoms with van der Waals surface area (Å²) in [5.41, 5.74) is 11.4. The third-order valence-electron chi connectivity index (χ3n) is 6.52. The van der Waals surface area contributed by atoms with Crippen LogP contribution in [0.4, 0.5) is 0 Å². The van der Waals surface area contributed by atoms with Crippen molar-refractivity contribution in [1.82, 2.24) is 15.0 Å². The Morgan fingerprint density at radius 3 is 2.09 bits per heavy atom. The maximum Gasteiger partial charge on any atom is 2.00 e. The number of rotatable bonds is 6. The molecule has 0 aliphatic carbocycles. The first-order valence-electron chi connectivity index (χ1n) is 11.9. The molecule has 0 radical (unpaired) electrons. The van der Waals surface area contributed by atoms with Crippen molar-refractivity contribution in [3.05, 3.63) is 91.8 Å². The molecule has 34 heavy (non-hydrogen) atoms. The van der Waals surface area contributed by atoms with E-state index in [2.05, 4.69) is 64.7 Å². The van der Waals surface area contributed by atoms with Gasteiger partial charge in [0, 0.05) is 11.9 Å². The van der Waals surface area contributed by atoms with Crippen LogP contribution in [0.2, 0.25) is 0 Å². The van der Waals surface area contributed by atoms with Crippen molar-refractivity contribution in [2.45, 2.75) is 60.8 Å². The SMILES string of the molecule is CCc1c(/C=C2\N=C(C)C(C)=C2C)[n-]c(/C=c2\[n-]/c(=C\c3ccccn3)cc2CC)c1CC.[Pt+2]. The zero-order chi connectivity index (χ0) is 23.5. The minimum Gasteiger partial charge on any atom is -0.658 e. The van der Waals surface area contributed by atoms with Crippen LogP contribution in [0, 0.1) is 0 Å². The van der Waals surface area contributed by atoms with Gasteiger partial charge in [0.15, 0.2) is 0 Å². The molecule has 0 spiro atoms. The van der Waals surface area contributed by atoms with Gasteiger partial charge in [-0.1, -0.05) is 67.8 Å². The van der Waals surface area contributed by atoms with Crippen LogP contribution in [0.15, 0.2) is 52.3 Å². The van der Waals surface area contributed by atoms with Gasteiger partial charge in [0.05, 0.1) is 11.4 Å². The van der Waals surface area contributed by atoms with Gasteiger partial charge < -0.3 is 9.97 Å². The fourth-order valence-corrected chi connectivity index (χ4v) is 4.40. The van der Waals surface area contributed by atoms with Crippen molar-refractivity contribution in [1.29, 1.82) is 0 Å². The Morgan fingerprint density at radius 2 is 1.53 bits per heavy atom. The van der Waals surface area contributed by atoms with E-state index in [4.69, 9.17) is 15.0 Å². The molecule has 0 N–H and O–H groups in total. The first kappa shape index (κ1) is 25.9. The molecule has 0 fully saturated rings. The summed E-state index contributed by atoms with van der Waals surface area (Å²) in [4.78, 5) is 19.2. The van der Waals surface area contributed by atoms with Crippen LogP contribution in [0.5, 0.6) is 0 Å². The minimum atomic E-state index is 0. The van der Waals surface area contributed by atoms with Crippen LogP contribution in [-0.2, 0) is 40.3 Å². The fourth-order valence-electron chi connectivity index (χ4n) is 4.40. The third kappa shape index (κ3) is 5.18. The summed E-state index contributed by atoms with van der Waals surface area (Å²) in [6, 6.07) is 8.07. The van der Waals surface area contributed by atoms with Crippen LogP contribution in [0.1, 0.15) is 75.3 Å². The van der Waals surface area contributed by atoms with Crippen LogP contribution in [0.25, 0.3) is 18.2 Å². The van der Waals surface area contributed by atoms with Crippen LogP contribution >= 0.6 is 0 Å². The molecule has 5 heteroatoms. The van der Waals surface area contributed by atoms with E-state index in [1.807, 2.05) is 24.3 Å². The van der Waals surface area contributed by atoms with Crippen molar-refractivity contribution in [2.24, 2.45) is 4.99 Å². The second kappa shape index (κ2) is 11.1. The van der Waals surface area contributed by atoms with E-state index < -0.39 is 0 Å². The molecule has 0 atom stereocenters. The molecule has 0 unspecified atom stereocenters. The quantitative estimate of drug-likeness (QED) is 0.403. The van der Waals surface area contributed by atoms with Gasteiger partial charge in [0.1, 0.15) is 0 Å². The molecule has 3 aromatic rings. The van der Waals surface area contributed by atoms with Crippen LogP contribution in [0.3, 0.4) is 0 Å². The number of hydrogen-bond donors (Lipinski definition) is 0. The molecule has 4 rings (SSSR count). The maximum absolute atomic E-state index is 5.08. The molecule has 0 aromatic carbocycles. The molecule has 0 saturated heterocycles. The van der Waals surface area contributed by atoms with E-state index >= 15 is 0 Å². The minimum absolute atomic E-state index is 0. The topological polar surface area (TPSA) is 53.5 Å². The average molecular weight is 632 g/mol. The van der Waals surface area contributed by atoms with Crippen LogP contribution < -0.4 is 20.7 Å². The number of aromatic nitrogens is 3. The van der Waals surface area contributed by atoms with Gasteiger partial charge in [0.25, 0.3) is 0 Å². The molecule has 4 heterocycles. The van der Waals surface area contributed by atoms with E-state index in [0.717, 1.165) is 58.5 Å². The Bertz CT molecular complexity index is 1380. The largest absolute Gasteiger partial charge is 2.00 e. The predicted molar refractivity (Wildman–Crippen MR) is 138 cm³/mol. The third-order valence-corrected chi connectivity index (χ3v) is 6.52. The standard InChI is InChI=1S/C29H32N4.Pt/c1-7-21-14-23(15-22-12-10-11-13-30-22)32-27(21)17-29-25(9-3)24(8-2)28(33-29)16-26-19(5)18(4)20(6)31-26;/h10-17H,7-9H2,1-6H3;/q-2;+2/b23-15-,26-16-,27-17-;. The Labute approximate surface area is 217 Å². The van der Waals surface area contributed by atoms with E-state index in [-0.39, 0.29) is 21.1 Å². The molecule has 4 nitrogen and oxygen atoms in total. The van der Waals surface area contributed by atoms with Gasteiger partial charge in [-0.05, 0) is 63.3 Å². The van der Waals surface area contributed by atoms with Crippen molar-refractivity contribution in [3.63, 3.8) is 0 Å². The van der Waals surface area contributed by atoms with Gasteiger partial charge in [-0.2, -0.15) is 0 Å². The fraction of sp³-hybridized carbons (Fsp3) is 0.310. The zero-order valence-corrected chi connectivity index (χ0v) is 23.1. The number of aryl methyl sites for hydroxylation is 1. The van der Waals surface area contributed by atoms with Gasteiger partial charge in [-0.25, -0.2) is 0 Å². The Hall–Kier alpha value is -2.71. The van der Waals surface area contributed by atoms with Gasteiger partial charge in [0.2, 0.25) is 0 Å². The summed E-state index contributed by atoms with van der Waals surface area (Å²) in [6.45, 7) is 12.9. The van der Waals surface area contributed by atoms with Crippen molar-refractivity contribution in [2.75, 3.05) is 0 Å². The second-order valence-electron chi connectivity index (χ2n) is 8.51. The molecule has 1 aliphatic rings. The molecule has 3 aromatic heterocycles. The summed E-state index contributed by atoms with van der Waals surface area (Å²) < 4.78 is 0. The Balaban J connectivity index is 0.00000324. The van der Waals surface area contributed by atoms with Crippen molar-refractivity contribution < 1.29 is 21.1 Å². The second-order valence-corrected chi connectivity index (χ2v) is 8.51. The first-order valence-corrected chi connectivity index (χ1v) is 11.9. The molecule has 1 aliphatic heterocycles. The van der Waals surface area contributed by atoms with Crippen molar-refractivity contribution in [3.8, 4) is 0 Å². The molecule has 178 valence electrons. The predicted octanol–water partition coefficient (Wildman–Crippen LogP) is 4.49.